The van der Waals surface area contributed by atoms with Crippen molar-refractivity contribution in [3.8, 4) is 16.9 Å². The Morgan fingerprint density at radius 2 is 1.32 bits per heavy atom. The lowest BCUT2D eigenvalue weighted by Gasteiger charge is -2.37. The SMILES string of the molecule is COc1cc(F)c(C(=O)N2CCC(OC3CCN(C(=O)c4ccc(-c5cccc(Br)c5)cc4)CC3)CC2)c(F)c1. The molecule has 0 N–H and O–H groups in total. The maximum Gasteiger partial charge on any atom is 0.259 e. The predicted molar refractivity (Wildman–Crippen MR) is 151 cm³/mol. The molecule has 40 heavy (non-hydrogen) atoms. The molecule has 2 aliphatic rings. The van der Waals surface area contributed by atoms with E-state index in [1.807, 2.05) is 53.4 Å². The molecule has 3 aromatic rings. The lowest BCUT2D eigenvalue weighted by molar-refractivity contribution is -0.0593. The number of likely N-dealkylation sites (tertiary alicyclic amines) is 2. The predicted octanol–water partition coefficient (Wildman–Crippen LogP) is 6.33. The Morgan fingerprint density at radius 1 is 0.775 bits per heavy atom. The monoisotopic (exact) mass is 612 g/mol. The Labute approximate surface area is 241 Å². The second kappa shape index (κ2) is 12.5. The zero-order valence-electron chi connectivity index (χ0n) is 22.2. The number of nitrogens with zero attached hydrogens (tertiary/aromatic N) is 2. The van der Waals surface area contributed by atoms with Gasteiger partial charge >= 0.3 is 0 Å². The van der Waals surface area contributed by atoms with E-state index in [0.717, 1.165) is 40.6 Å². The first kappa shape index (κ1) is 28.2. The van der Waals surface area contributed by atoms with Crippen molar-refractivity contribution in [1.29, 1.82) is 0 Å². The molecule has 0 atom stereocenters. The van der Waals surface area contributed by atoms with Gasteiger partial charge in [0.15, 0.2) is 0 Å². The van der Waals surface area contributed by atoms with Crippen molar-refractivity contribution in [2.45, 2.75) is 37.9 Å². The van der Waals surface area contributed by atoms with Gasteiger partial charge in [-0.25, -0.2) is 8.78 Å². The molecule has 0 spiro atoms. The summed E-state index contributed by atoms with van der Waals surface area (Å²) in [7, 11) is 1.31. The first-order valence-corrected chi connectivity index (χ1v) is 14.2. The van der Waals surface area contributed by atoms with Crippen LogP contribution in [-0.4, -0.2) is 67.1 Å². The third kappa shape index (κ3) is 6.36. The minimum Gasteiger partial charge on any atom is -0.497 e. The van der Waals surface area contributed by atoms with E-state index in [2.05, 4.69) is 15.9 Å². The molecule has 2 heterocycles. The topological polar surface area (TPSA) is 59.1 Å². The number of piperidine rings is 2. The van der Waals surface area contributed by atoms with E-state index in [4.69, 9.17) is 9.47 Å². The van der Waals surface area contributed by atoms with Gasteiger partial charge in [0.1, 0.15) is 22.9 Å². The molecule has 3 aromatic carbocycles. The summed E-state index contributed by atoms with van der Waals surface area (Å²) >= 11 is 3.50. The zero-order chi connectivity index (χ0) is 28.2. The number of benzene rings is 3. The van der Waals surface area contributed by atoms with Gasteiger partial charge < -0.3 is 19.3 Å². The third-order valence-electron chi connectivity index (χ3n) is 7.60. The molecule has 0 bridgehead atoms. The van der Waals surface area contributed by atoms with Crippen molar-refractivity contribution in [3.63, 3.8) is 0 Å². The molecule has 0 unspecified atom stereocenters. The Morgan fingerprint density at radius 3 is 1.85 bits per heavy atom. The first-order valence-electron chi connectivity index (χ1n) is 13.5. The van der Waals surface area contributed by atoms with E-state index in [-0.39, 0.29) is 23.9 Å². The van der Waals surface area contributed by atoms with Crippen molar-refractivity contribution in [1.82, 2.24) is 9.80 Å². The van der Waals surface area contributed by atoms with E-state index in [1.54, 1.807) is 0 Å². The normalized spacial score (nSPS) is 16.7. The summed E-state index contributed by atoms with van der Waals surface area (Å²) in [5.74, 6) is -2.47. The van der Waals surface area contributed by atoms with Crippen molar-refractivity contribution in [2.24, 2.45) is 0 Å². The van der Waals surface area contributed by atoms with Crippen LogP contribution in [0.4, 0.5) is 8.78 Å². The summed E-state index contributed by atoms with van der Waals surface area (Å²) in [6, 6.07) is 17.8. The van der Waals surface area contributed by atoms with Gasteiger partial charge in [0.25, 0.3) is 11.8 Å². The molecule has 0 radical (unpaired) electrons. The van der Waals surface area contributed by atoms with E-state index in [1.165, 1.54) is 12.0 Å². The number of methoxy groups -OCH3 is 1. The van der Waals surface area contributed by atoms with Gasteiger partial charge in [-0.05, 0) is 61.1 Å². The summed E-state index contributed by atoms with van der Waals surface area (Å²) in [5.41, 5.74) is 2.25. The number of carbonyl (C=O) groups is 2. The molecule has 6 nitrogen and oxygen atoms in total. The highest BCUT2D eigenvalue weighted by atomic mass is 79.9. The highest BCUT2D eigenvalue weighted by molar-refractivity contribution is 9.10. The zero-order valence-corrected chi connectivity index (χ0v) is 23.8. The Bertz CT molecular complexity index is 1340. The Hall–Kier alpha value is -3.30. The fourth-order valence-electron chi connectivity index (χ4n) is 5.35. The lowest BCUT2D eigenvalue weighted by atomic mass is 10.0. The number of halogens is 3. The highest BCUT2D eigenvalue weighted by Gasteiger charge is 2.31. The van der Waals surface area contributed by atoms with Gasteiger partial charge in [-0.3, -0.25) is 9.59 Å². The lowest BCUT2D eigenvalue weighted by Crippen LogP contribution is -2.45. The fraction of sp³-hybridized carbons (Fsp3) is 0.355. The van der Waals surface area contributed by atoms with Crippen LogP contribution in [0.15, 0.2) is 65.1 Å². The van der Waals surface area contributed by atoms with Gasteiger partial charge in [0.2, 0.25) is 0 Å². The molecule has 9 heteroatoms. The third-order valence-corrected chi connectivity index (χ3v) is 8.09. The molecule has 210 valence electrons. The Kier molecular flexibility index (Phi) is 8.81. The van der Waals surface area contributed by atoms with E-state index >= 15 is 0 Å². The average molecular weight is 613 g/mol. The number of ether oxygens (including phenoxy) is 2. The standard InChI is InChI=1S/C31H31BrF2N2O4/c1-39-26-18-27(33)29(28(34)19-26)31(38)36-15-11-25(12-16-36)40-24-9-13-35(14-10-24)30(37)21-7-5-20(6-8-21)22-3-2-4-23(32)17-22/h2-8,17-19,24-25H,9-16H2,1H3. The van der Waals surface area contributed by atoms with Crippen LogP contribution < -0.4 is 4.74 Å². The van der Waals surface area contributed by atoms with Gasteiger partial charge in [0.05, 0.1) is 19.3 Å². The maximum absolute atomic E-state index is 14.4. The summed E-state index contributed by atoms with van der Waals surface area (Å²) in [6.45, 7) is 1.96. The summed E-state index contributed by atoms with van der Waals surface area (Å²) in [4.78, 5) is 29.2. The highest BCUT2D eigenvalue weighted by Crippen LogP contribution is 2.27. The van der Waals surface area contributed by atoms with Crippen molar-refractivity contribution < 1.29 is 27.8 Å². The van der Waals surface area contributed by atoms with Crippen LogP contribution in [0, 0.1) is 11.6 Å². The largest absolute Gasteiger partial charge is 0.497 e. The second-order valence-corrected chi connectivity index (χ2v) is 11.1. The van der Waals surface area contributed by atoms with Crippen molar-refractivity contribution in [2.75, 3.05) is 33.3 Å². The second-order valence-electron chi connectivity index (χ2n) is 10.2. The van der Waals surface area contributed by atoms with Crippen LogP contribution >= 0.6 is 15.9 Å². The quantitative estimate of drug-likeness (QED) is 0.326. The van der Waals surface area contributed by atoms with Gasteiger partial charge in [-0.15, -0.1) is 0 Å². The first-order chi connectivity index (χ1) is 19.3. The number of amides is 2. The summed E-state index contributed by atoms with van der Waals surface area (Å²) < 4.78 is 40.9. The van der Waals surface area contributed by atoms with E-state index in [9.17, 15) is 18.4 Å². The molecule has 0 aromatic heterocycles. The molecule has 2 amide bonds. The van der Waals surface area contributed by atoms with Crippen molar-refractivity contribution in [3.05, 3.63) is 87.9 Å². The molecule has 2 saturated heterocycles. The number of carbonyl (C=O) groups excluding carboxylic acids is 2. The minimum absolute atomic E-state index is 0.0176. The molecule has 0 saturated carbocycles. The number of hydrogen-bond donors (Lipinski definition) is 0. The molecular formula is C31H31BrF2N2O4. The number of hydrogen-bond acceptors (Lipinski definition) is 4. The van der Waals surface area contributed by atoms with E-state index < -0.39 is 23.1 Å². The molecule has 5 rings (SSSR count). The van der Waals surface area contributed by atoms with Crippen LogP contribution in [0.1, 0.15) is 46.4 Å². The van der Waals surface area contributed by atoms with Gasteiger partial charge in [-0.2, -0.15) is 0 Å². The van der Waals surface area contributed by atoms with Crippen LogP contribution in [0.2, 0.25) is 0 Å². The molecule has 0 aliphatic carbocycles. The average Bonchev–Trinajstić information content (AvgIpc) is 2.97. The minimum atomic E-state index is -0.929. The fourth-order valence-corrected chi connectivity index (χ4v) is 5.75. The van der Waals surface area contributed by atoms with Gasteiger partial charge in [0, 0.05) is 48.3 Å². The van der Waals surface area contributed by atoms with Gasteiger partial charge in [-0.1, -0.05) is 40.2 Å². The molecule has 2 fully saturated rings. The number of rotatable bonds is 6. The smallest absolute Gasteiger partial charge is 0.259 e. The van der Waals surface area contributed by atoms with Crippen LogP contribution in [0.25, 0.3) is 11.1 Å². The van der Waals surface area contributed by atoms with Crippen molar-refractivity contribution >= 4 is 27.7 Å². The maximum atomic E-state index is 14.4. The molecular weight excluding hydrogens is 582 g/mol. The summed E-state index contributed by atoms with van der Waals surface area (Å²) in [6.07, 6.45) is 2.66. The van der Waals surface area contributed by atoms with Crippen LogP contribution in [0.3, 0.4) is 0 Å². The van der Waals surface area contributed by atoms with Crippen LogP contribution in [-0.2, 0) is 4.74 Å². The van der Waals surface area contributed by atoms with Crippen LogP contribution in [0.5, 0.6) is 5.75 Å². The van der Waals surface area contributed by atoms with E-state index in [0.29, 0.717) is 44.6 Å². The summed E-state index contributed by atoms with van der Waals surface area (Å²) in [5, 5.41) is 0. The molecule has 2 aliphatic heterocycles. The Balaban J connectivity index is 1.09.